The molecule has 0 saturated carbocycles. The van der Waals surface area contributed by atoms with E-state index < -0.39 is 67.4 Å². The predicted molar refractivity (Wildman–Crippen MR) is 532 cm³/mol. The van der Waals surface area contributed by atoms with Crippen molar-refractivity contribution in [2.24, 2.45) is 0 Å². The fraction of sp³-hybridized carbons (Fsp3) is 0.363. The van der Waals surface area contributed by atoms with E-state index in [2.05, 4.69) is 204 Å². The van der Waals surface area contributed by atoms with Crippen LogP contribution in [0.5, 0.6) is 0 Å². The molecule has 16 aromatic rings. The summed E-state index contributed by atoms with van der Waals surface area (Å²) in [4.78, 5) is 80.8. The van der Waals surface area contributed by atoms with E-state index in [1.54, 1.807) is 61.7 Å². The number of nitrogens with zero attached hydrogens (tertiary/aromatic N) is 6. The lowest BCUT2D eigenvalue weighted by Gasteiger charge is -2.36. The fourth-order valence-corrected chi connectivity index (χ4v) is 20.4. The Kier molecular flexibility index (Phi) is 29.3. The number of methoxy groups -OCH3 is 3. The number of hydrogen-bond donors (Lipinski definition) is 10. The number of aromatic amines is 6. The summed E-state index contributed by atoms with van der Waals surface area (Å²) in [5.41, 5.74) is 13.4. The zero-order chi connectivity index (χ0) is 95.2. The molecule has 0 spiro atoms. The van der Waals surface area contributed by atoms with Gasteiger partial charge < -0.3 is 67.2 Å². The van der Waals surface area contributed by atoms with Gasteiger partial charge in [-0.2, -0.15) is 20.4 Å². The Hall–Kier alpha value is -10.3. The number of fused-ring (bicyclic) bond motifs is 8. The minimum Gasteiger partial charge on any atom is -0.477 e. The Morgan fingerprint density at radius 2 is 0.785 bits per heavy atom. The molecule has 0 aliphatic heterocycles. The van der Waals surface area contributed by atoms with Gasteiger partial charge in [-0.25, -0.2) is 33.3 Å². The number of rotatable bonds is 18. The van der Waals surface area contributed by atoms with Gasteiger partial charge in [-0.05, 0) is 238 Å². The van der Waals surface area contributed by atoms with E-state index in [4.69, 9.17) is 37.3 Å². The van der Waals surface area contributed by atoms with Crippen LogP contribution in [0.25, 0.3) is 119 Å². The molecule has 130 heavy (non-hydrogen) atoms. The molecule has 12 heterocycles. The van der Waals surface area contributed by atoms with Crippen molar-refractivity contribution < 1.29 is 86.0 Å². The SMILES string of the molecule is CC(C)(C)OC(=O)n1c(B(O)O)cc2cc(CO[Si](C)(C)C(C)(C)C)ccc21.COC(=O)c1cc2[nH]nc(-c3cc4cc(CO[Si](C)(C)C(C)(C)C)ccc4[nH]3)c2s1.COC(=O)c1cc2[nH]nc(-c3cc4cc(CO[Si](C)(C)C(C)(C)C)ccc4n3C(=O)OC(C)(C)C)c2s1.COC(=O)c1cc2n[nH]c(I)c2s1.O=C(O)c1cc2[nH]nc(-c3cc4cc(CO)ccc4[nH]3)c2s1. The maximum absolute atomic E-state index is 13.4. The Labute approximate surface area is 784 Å². The largest absolute Gasteiger partial charge is 0.506 e. The Morgan fingerprint density at radius 3 is 1.19 bits per heavy atom. The molecule has 0 atom stereocenters. The van der Waals surface area contributed by atoms with Gasteiger partial charge in [0.1, 0.15) is 57.0 Å². The number of aromatic carboxylic acids is 1. The van der Waals surface area contributed by atoms with Crippen LogP contribution in [0, 0.1) is 3.70 Å². The molecule has 688 valence electrons. The van der Waals surface area contributed by atoms with Crippen LogP contribution in [0.1, 0.15) is 165 Å². The number of carbonyl (C=O) groups excluding carboxylic acids is 5. The molecule has 0 amide bonds. The van der Waals surface area contributed by atoms with Gasteiger partial charge in [0.05, 0.1) is 117 Å². The molecule has 0 radical (unpaired) electrons. The first-order chi connectivity index (χ1) is 60.7. The zero-order valence-electron chi connectivity index (χ0n) is 77.2. The topological polar surface area (TPSA) is 413 Å². The van der Waals surface area contributed by atoms with Gasteiger partial charge in [0.2, 0.25) is 0 Å². The first-order valence-corrected chi connectivity index (χ1v) is 54.7. The van der Waals surface area contributed by atoms with Crippen LogP contribution in [0.15, 0.2) is 121 Å². The second-order valence-corrected chi connectivity index (χ2v) is 57.5. The molecule has 10 N–H and O–H groups in total. The van der Waals surface area contributed by atoms with Crippen LogP contribution in [-0.2, 0) is 63.4 Å². The van der Waals surface area contributed by atoms with Gasteiger partial charge in [0, 0.05) is 32.6 Å². The average molecular weight is 2010 g/mol. The number of aliphatic hydroxyl groups is 1. The highest BCUT2D eigenvalue weighted by Crippen LogP contribution is 2.44. The molecule has 0 saturated heterocycles. The quantitative estimate of drug-likeness (QED) is 0.0165. The van der Waals surface area contributed by atoms with Crippen molar-refractivity contribution in [3.8, 4) is 34.2 Å². The molecule has 4 aromatic carbocycles. The summed E-state index contributed by atoms with van der Waals surface area (Å²) in [7, 11) is -3.27. The van der Waals surface area contributed by atoms with E-state index >= 15 is 0 Å². The highest BCUT2D eigenvalue weighted by molar-refractivity contribution is 14.1. The number of carboxylic acid groups (broad SMARTS) is 1. The standard InChI is InChI=1S/C27H35N3O5SSi.C22H27N3O3SSi.C20H32BNO5Si.C15H11N3O3S.C7H5IN2O2S/c1-26(2,3)35-25(32)30-19-11-10-16(15-34-37(8,9)27(4,5)6)12-17(19)13-20(30)22-23-18(28-29-22)14-21(36-23)24(31)33-7;1-22(2,3)30(5,6)28-12-13-7-8-15-14(9-13)10-16(23-15)19-20-17(24-25-19)11-18(29-20)21(26)27-4;1-19(2,3)27-18(23)22-16-10-9-14(11-15(16)12-17(22)21(24)25)13-26-28(7,8)20(4,5)6;19-6-7-1-2-9-8(3-7)4-10(16-9)13-14-11(17-18-13)5-12(22-14)15(20)21;1-12-7(11)4-2-3-5(13-4)6(8)10-9-3/h10-14H,15H2,1-9H3,(H,28,29);7-11,23H,12H2,1-6H3,(H,24,25);9-12,24-25H,13H2,1-8H3;1-5,16,19H,6H2,(H,17,18)(H,20,21);2H,1H3,(H,9,10). The highest BCUT2D eigenvalue weighted by atomic mass is 127. The van der Waals surface area contributed by atoms with Crippen LogP contribution in [0.3, 0.4) is 0 Å². The van der Waals surface area contributed by atoms with E-state index in [1.165, 1.54) is 71.2 Å². The van der Waals surface area contributed by atoms with Gasteiger partial charge >= 0.3 is 43.2 Å². The molecule has 0 aliphatic carbocycles. The van der Waals surface area contributed by atoms with Crippen molar-refractivity contribution in [3.63, 3.8) is 0 Å². The first kappa shape index (κ1) is 98.8. The second kappa shape index (κ2) is 38.5. The molecule has 0 fully saturated rings. The van der Waals surface area contributed by atoms with E-state index in [-0.39, 0.29) is 44.1 Å². The van der Waals surface area contributed by atoms with Crippen LogP contribution >= 0.6 is 67.9 Å². The highest BCUT2D eigenvalue weighted by Gasteiger charge is 2.40. The third-order valence-corrected chi connectivity index (χ3v) is 42.0. The number of aromatic nitrogens is 12. The van der Waals surface area contributed by atoms with E-state index in [1.807, 2.05) is 81.4 Å². The van der Waals surface area contributed by atoms with Gasteiger partial charge in [-0.3, -0.25) is 25.0 Å². The minimum atomic E-state index is -1.92. The molecule has 0 unspecified atom stereocenters. The number of esters is 3. The number of nitrogens with one attached hydrogen (secondary N) is 6. The van der Waals surface area contributed by atoms with Gasteiger partial charge in [0.25, 0.3) is 0 Å². The summed E-state index contributed by atoms with van der Waals surface area (Å²) < 4.78 is 51.8. The number of H-pyrrole nitrogens is 6. The molecular weight excluding hydrogens is 1900 g/mol. The van der Waals surface area contributed by atoms with Crippen LogP contribution in [0.2, 0.25) is 54.4 Å². The van der Waals surface area contributed by atoms with Crippen LogP contribution in [0.4, 0.5) is 9.59 Å². The summed E-state index contributed by atoms with van der Waals surface area (Å²) in [5.74, 6) is -2.00. The lowest BCUT2D eigenvalue weighted by molar-refractivity contribution is 0.0536. The molecule has 0 aliphatic rings. The molecule has 30 nitrogen and oxygen atoms in total. The number of thiophene rings is 4. The van der Waals surface area contributed by atoms with Crippen molar-refractivity contribution in [3.05, 3.63) is 167 Å². The van der Waals surface area contributed by atoms with Crippen molar-refractivity contribution >= 4 is 226 Å². The number of carboxylic acids is 1. The van der Waals surface area contributed by atoms with Gasteiger partial charge in [-0.15, -0.1) is 45.3 Å². The maximum atomic E-state index is 13.4. The number of hydrogen-bond acceptors (Lipinski definition) is 25. The fourth-order valence-electron chi connectivity index (χ4n) is 12.8. The normalized spacial score (nSPS) is 12.4. The number of benzene rings is 4. The summed E-state index contributed by atoms with van der Waals surface area (Å²) in [6.07, 6.45) is -1.14. The van der Waals surface area contributed by atoms with Crippen molar-refractivity contribution in [1.29, 1.82) is 0 Å². The Morgan fingerprint density at radius 1 is 0.423 bits per heavy atom. The van der Waals surface area contributed by atoms with Crippen LogP contribution < -0.4 is 5.59 Å². The maximum Gasteiger partial charge on any atom is 0.506 e. The molecule has 39 heteroatoms. The van der Waals surface area contributed by atoms with E-state index in [9.17, 15) is 43.9 Å². The first-order valence-electron chi connectivity index (χ1n) is 41.6. The second-order valence-electron chi connectivity index (χ2n) is 37.8. The smallest absolute Gasteiger partial charge is 0.477 e. The van der Waals surface area contributed by atoms with Gasteiger partial charge in [0.15, 0.2) is 25.0 Å². The summed E-state index contributed by atoms with van der Waals surface area (Å²) in [6, 6.07) is 38.0. The lowest BCUT2D eigenvalue weighted by atomic mass is 9.86. The lowest BCUT2D eigenvalue weighted by Crippen LogP contribution is -2.41. The van der Waals surface area contributed by atoms with E-state index in [0.717, 1.165) is 105 Å². The molecular formula is C91H110BIN12O18S4Si3. The number of halogens is 1. The molecule has 16 rings (SSSR count). The Bertz CT molecular complexity index is 6900. The zero-order valence-corrected chi connectivity index (χ0v) is 85.6. The third kappa shape index (κ3) is 22.2. The van der Waals surface area contributed by atoms with Crippen molar-refractivity contribution in [1.82, 2.24) is 59.9 Å². The Balaban J connectivity index is 0.000000151. The van der Waals surface area contributed by atoms with Crippen molar-refractivity contribution in [2.45, 2.75) is 196 Å². The minimum absolute atomic E-state index is 0.00397. The summed E-state index contributed by atoms with van der Waals surface area (Å²) in [6.45, 7) is 45.8. The summed E-state index contributed by atoms with van der Waals surface area (Å²) in [5, 5.41) is 70.8. The number of carbonyl (C=O) groups is 6. The third-order valence-electron chi connectivity index (χ3n) is 23.0. The van der Waals surface area contributed by atoms with Gasteiger partial charge in [-0.1, -0.05) is 86.6 Å². The number of aliphatic hydroxyl groups excluding tert-OH is 1. The number of ether oxygens (including phenoxy) is 5. The van der Waals surface area contributed by atoms with Crippen molar-refractivity contribution in [2.75, 3.05) is 21.3 Å². The average Bonchev–Trinajstić information content (AvgIpc) is 1.54. The summed E-state index contributed by atoms with van der Waals surface area (Å²) >= 11 is 7.38. The molecule has 12 aromatic heterocycles. The molecule has 0 bridgehead atoms. The van der Waals surface area contributed by atoms with E-state index in [0.29, 0.717) is 73.6 Å². The monoisotopic (exact) mass is 2010 g/mol. The van der Waals surface area contributed by atoms with Crippen LogP contribution in [-0.4, -0.2) is 181 Å². The predicted octanol–water partition coefficient (Wildman–Crippen LogP) is 22.0.